The number of rotatable bonds is 6. The first kappa shape index (κ1) is 14.9. The molecule has 0 saturated heterocycles. The fourth-order valence-electron chi connectivity index (χ4n) is 2.91. The Labute approximate surface area is 120 Å². The number of ether oxygens (including phenoxy) is 1. The average molecular weight is 276 g/mol. The van der Waals surface area contributed by atoms with Gasteiger partial charge in [0.1, 0.15) is 12.4 Å². The number of benzene rings is 1. The van der Waals surface area contributed by atoms with E-state index in [0.717, 1.165) is 37.8 Å². The predicted octanol–water partition coefficient (Wildman–Crippen LogP) is 2.93. The Balaban J connectivity index is 2.11. The van der Waals surface area contributed by atoms with E-state index in [0.29, 0.717) is 18.9 Å². The molecule has 0 bridgehead atoms. The van der Waals surface area contributed by atoms with Crippen molar-refractivity contribution < 1.29 is 9.53 Å². The molecule has 1 aliphatic carbocycles. The van der Waals surface area contributed by atoms with Gasteiger partial charge < -0.3 is 15.8 Å². The van der Waals surface area contributed by atoms with Crippen LogP contribution in [-0.4, -0.2) is 19.1 Å². The van der Waals surface area contributed by atoms with Crippen molar-refractivity contribution in [1.82, 2.24) is 0 Å². The highest BCUT2D eigenvalue weighted by Crippen LogP contribution is 2.42. The maximum absolute atomic E-state index is 12.6. The van der Waals surface area contributed by atoms with Crippen molar-refractivity contribution in [2.75, 3.05) is 18.5 Å². The molecular weight excluding hydrogens is 252 g/mol. The van der Waals surface area contributed by atoms with Crippen molar-refractivity contribution in [2.45, 2.75) is 39.0 Å². The number of nitrogens with two attached hydrogens (primary N) is 1. The van der Waals surface area contributed by atoms with Crippen LogP contribution in [0.1, 0.15) is 39.0 Å². The minimum Gasteiger partial charge on any atom is -0.490 e. The summed E-state index contributed by atoms with van der Waals surface area (Å²) < 4.78 is 5.58. The van der Waals surface area contributed by atoms with Crippen LogP contribution in [0, 0.1) is 5.41 Å². The Morgan fingerprint density at radius 2 is 2.05 bits per heavy atom. The van der Waals surface area contributed by atoms with E-state index in [2.05, 4.69) is 12.2 Å². The molecule has 3 N–H and O–H groups in total. The van der Waals surface area contributed by atoms with Crippen LogP contribution in [-0.2, 0) is 4.79 Å². The number of para-hydroxylation sites is 2. The molecule has 4 heteroatoms. The number of hydrogen-bond donors (Lipinski definition) is 2. The van der Waals surface area contributed by atoms with Crippen molar-refractivity contribution in [1.29, 1.82) is 0 Å². The molecule has 1 aromatic carbocycles. The number of carbonyl (C=O) groups is 1. The summed E-state index contributed by atoms with van der Waals surface area (Å²) in [6.45, 7) is 3.01. The number of hydrogen-bond acceptors (Lipinski definition) is 3. The van der Waals surface area contributed by atoms with Gasteiger partial charge in [-0.3, -0.25) is 4.79 Å². The minimum absolute atomic E-state index is 0.126. The zero-order valence-corrected chi connectivity index (χ0v) is 12.2. The largest absolute Gasteiger partial charge is 0.490 e. The van der Waals surface area contributed by atoms with Gasteiger partial charge in [-0.05, 0) is 31.4 Å². The van der Waals surface area contributed by atoms with Crippen LogP contribution in [0.5, 0.6) is 5.75 Å². The van der Waals surface area contributed by atoms with E-state index in [1.165, 1.54) is 0 Å². The molecule has 110 valence electrons. The first-order chi connectivity index (χ1) is 9.72. The van der Waals surface area contributed by atoms with Gasteiger partial charge in [0.05, 0.1) is 5.69 Å². The molecule has 1 aromatic rings. The second-order valence-corrected chi connectivity index (χ2v) is 5.43. The van der Waals surface area contributed by atoms with E-state index < -0.39 is 0 Å². The summed E-state index contributed by atoms with van der Waals surface area (Å²) >= 11 is 0. The molecular formula is C16H24N2O2. The number of carbonyl (C=O) groups excluding carboxylic acids is 1. The highest BCUT2D eigenvalue weighted by atomic mass is 16.5. The fraction of sp³-hybridized carbons (Fsp3) is 0.562. The van der Waals surface area contributed by atoms with E-state index in [9.17, 15) is 4.79 Å². The monoisotopic (exact) mass is 276 g/mol. The van der Waals surface area contributed by atoms with Gasteiger partial charge in [0.15, 0.2) is 0 Å². The van der Waals surface area contributed by atoms with Crippen molar-refractivity contribution >= 4 is 11.6 Å². The number of nitrogens with one attached hydrogen (secondary N) is 1. The van der Waals surface area contributed by atoms with Gasteiger partial charge in [0.25, 0.3) is 0 Å². The Kier molecular flexibility index (Phi) is 5.01. The molecule has 2 rings (SSSR count). The third kappa shape index (κ3) is 3.12. The zero-order chi connectivity index (χ0) is 14.4. The summed E-state index contributed by atoms with van der Waals surface area (Å²) in [6.07, 6.45) is 5.16. The smallest absolute Gasteiger partial charge is 0.230 e. The summed E-state index contributed by atoms with van der Waals surface area (Å²) in [5, 5.41) is 3.05. The standard InChI is InChI=1S/C16H24N2O2/c1-2-16(9-5-6-10-16)15(19)18-13-7-3-4-8-14(13)20-12-11-17/h3-4,7-8H,2,5-6,9-12,17H2,1H3,(H,18,19). The summed E-state index contributed by atoms with van der Waals surface area (Å²) in [5.41, 5.74) is 6.01. The van der Waals surface area contributed by atoms with E-state index in [-0.39, 0.29) is 11.3 Å². The van der Waals surface area contributed by atoms with Crippen molar-refractivity contribution in [3.8, 4) is 5.75 Å². The first-order valence-electron chi connectivity index (χ1n) is 7.45. The number of amides is 1. The quantitative estimate of drug-likeness (QED) is 0.839. The molecule has 0 spiro atoms. The lowest BCUT2D eigenvalue weighted by atomic mass is 9.82. The molecule has 4 nitrogen and oxygen atoms in total. The van der Waals surface area contributed by atoms with E-state index >= 15 is 0 Å². The van der Waals surface area contributed by atoms with Gasteiger partial charge in [-0.25, -0.2) is 0 Å². The molecule has 20 heavy (non-hydrogen) atoms. The van der Waals surface area contributed by atoms with Crippen LogP contribution in [0.2, 0.25) is 0 Å². The van der Waals surface area contributed by atoms with Crippen molar-refractivity contribution in [3.63, 3.8) is 0 Å². The lowest BCUT2D eigenvalue weighted by molar-refractivity contribution is -0.125. The molecule has 0 heterocycles. The highest BCUT2D eigenvalue weighted by molar-refractivity contribution is 5.96. The van der Waals surface area contributed by atoms with Gasteiger partial charge in [-0.15, -0.1) is 0 Å². The molecule has 0 unspecified atom stereocenters. The molecule has 1 saturated carbocycles. The zero-order valence-electron chi connectivity index (χ0n) is 12.2. The van der Waals surface area contributed by atoms with Crippen LogP contribution in [0.3, 0.4) is 0 Å². The summed E-state index contributed by atoms with van der Waals surface area (Å²) in [4.78, 5) is 12.6. The van der Waals surface area contributed by atoms with Gasteiger partial charge >= 0.3 is 0 Å². The van der Waals surface area contributed by atoms with E-state index in [4.69, 9.17) is 10.5 Å². The highest BCUT2D eigenvalue weighted by Gasteiger charge is 2.39. The molecule has 1 aliphatic rings. The SMILES string of the molecule is CCC1(C(=O)Nc2ccccc2OCCN)CCCC1. The average Bonchev–Trinajstić information content (AvgIpc) is 2.96. The fourth-order valence-corrected chi connectivity index (χ4v) is 2.91. The molecule has 1 fully saturated rings. The topological polar surface area (TPSA) is 64.3 Å². The third-order valence-electron chi connectivity index (χ3n) is 4.23. The van der Waals surface area contributed by atoms with Crippen LogP contribution >= 0.6 is 0 Å². The molecule has 0 aromatic heterocycles. The predicted molar refractivity (Wildman–Crippen MR) is 80.8 cm³/mol. The molecule has 0 radical (unpaired) electrons. The Morgan fingerprint density at radius 1 is 1.35 bits per heavy atom. The van der Waals surface area contributed by atoms with Gasteiger partial charge in [-0.2, -0.15) is 0 Å². The van der Waals surface area contributed by atoms with Crippen LogP contribution in [0.15, 0.2) is 24.3 Å². The Bertz CT molecular complexity index is 454. The second-order valence-electron chi connectivity index (χ2n) is 5.43. The molecule has 0 aliphatic heterocycles. The summed E-state index contributed by atoms with van der Waals surface area (Å²) in [5.74, 6) is 0.817. The van der Waals surface area contributed by atoms with Gasteiger partial charge in [0, 0.05) is 12.0 Å². The molecule has 0 atom stereocenters. The second kappa shape index (κ2) is 6.75. The lowest BCUT2D eigenvalue weighted by Gasteiger charge is -2.26. The Hall–Kier alpha value is -1.55. The van der Waals surface area contributed by atoms with Crippen LogP contribution < -0.4 is 15.8 Å². The Morgan fingerprint density at radius 3 is 2.70 bits per heavy atom. The van der Waals surface area contributed by atoms with Crippen molar-refractivity contribution in [2.24, 2.45) is 11.1 Å². The van der Waals surface area contributed by atoms with Gasteiger partial charge in [0.2, 0.25) is 5.91 Å². The first-order valence-corrected chi connectivity index (χ1v) is 7.45. The lowest BCUT2D eigenvalue weighted by Crippen LogP contribution is -2.33. The normalized spacial score (nSPS) is 16.9. The number of anilines is 1. The van der Waals surface area contributed by atoms with Gasteiger partial charge in [-0.1, -0.05) is 31.9 Å². The van der Waals surface area contributed by atoms with E-state index in [1.807, 2.05) is 24.3 Å². The van der Waals surface area contributed by atoms with Crippen LogP contribution in [0.25, 0.3) is 0 Å². The molecule has 1 amide bonds. The van der Waals surface area contributed by atoms with Crippen LogP contribution in [0.4, 0.5) is 5.69 Å². The minimum atomic E-state index is -0.193. The summed E-state index contributed by atoms with van der Waals surface area (Å²) in [6, 6.07) is 7.53. The van der Waals surface area contributed by atoms with E-state index in [1.54, 1.807) is 0 Å². The maximum atomic E-state index is 12.6. The third-order valence-corrected chi connectivity index (χ3v) is 4.23. The van der Waals surface area contributed by atoms with Crippen molar-refractivity contribution in [3.05, 3.63) is 24.3 Å². The maximum Gasteiger partial charge on any atom is 0.230 e. The summed E-state index contributed by atoms with van der Waals surface area (Å²) in [7, 11) is 0.